The van der Waals surface area contributed by atoms with Crippen LogP contribution in [0, 0.1) is 5.92 Å². The van der Waals surface area contributed by atoms with Crippen LogP contribution in [-0.4, -0.2) is 116 Å². The number of carboxylic acid groups (broad SMARTS) is 1. The Bertz CT molecular complexity index is 1610. The fourth-order valence-corrected chi connectivity index (χ4v) is 6.33. The second-order valence-electron chi connectivity index (χ2n) is 14.9. The van der Waals surface area contributed by atoms with Gasteiger partial charge in [0, 0.05) is 39.1 Å². The first kappa shape index (κ1) is 49.9. The minimum atomic E-state index is -5.08. The molecule has 4 atom stereocenters. The number of rotatable bonds is 20. The normalized spacial score (nSPS) is 15.0. The highest BCUT2D eigenvalue weighted by Gasteiger charge is 2.38. The van der Waals surface area contributed by atoms with Gasteiger partial charge in [-0.1, -0.05) is 81.4 Å². The van der Waals surface area contributed by atoms with E-state index in [1.54, 1.807) is 11.9 Å². The molecule has 2 aromatic carbocycles. The minimum absolute atomic E-state index is 0.0252. The van der Waals surface area contributed by atoms with Crippen LogP contribution >= 0.6 is 0 Å². The van der Waals surface area contributed by atoms with Crippen molar-refractivity contribution in [2.45, 2.75) is 102 Å². The first-order chi connectivity index (χ1) is 27.9. The average Bonchev–Trinajstić information content (AvgIpc) is 3.20. The van der Waals surface area contributed by atoms with E-state index < -0.39 is 42.1 Å². The highest BCUT2D eigenvalue weighted by Crippen LogP contribution is 2.16. The maximum Gasteiger partial charge on any atom is 0.490 e. The second kappa shape index (κ2) is 26.0. The standard InChI is InChI=1S/C39H60N8O5.C2HF3O2/c1-27(2)23-33(36(49)45-32(17-11-12-20-40)38(51)47-21-18-31(19-22-47)43-39(52)41-4)46-37(50)34(24-29-13-7-5-8-14-29)44-35(48)26-42-25-28(3)30-15-9-6-10-16-30;3-2(4,5)1(6)7/h5-10,13-16,27-28,31-34,42H,11-12,17-26,40H2,1-4H3,(H,44,48)(H,45,49)(H,46,50)(H2,41,43,52);(H,6,7)/t28-,32+,33+,34+;/m0./s1. The number of halogens is 3. The van der Waals surface area contributed by atoms with Crippen LogP contribution in [0.15, 0.2) is 60.7 Å². The van der Waals surface area contributed by atoms with Crippen molar-refractivity contribution in [3.8, 4) is 0 Å². The molecular formula is C41H61F3N8O7. The minimum Gasteiger partial charge on any atom is -0.475 e. The number of piperidine rings is 1. The molecule has 0 bridgehead atoms. The molecule has 3 rings (SSSR count). The number of carboxylic acids is 1. The molecule has 1 fully saturated rings. The van der Waals surface area contributed by atoms with Crippen LogP contribution in [0.4, 0.5) is 18.0 Å². The summed E-state index contributed by atoms with van der Waals surface area (Å²) in [5.41, 5.74) is 7.76. The lowest BCUT2D eigenvalue weighted by Crippen LogP contribution is -2.58. The summed E-state index contributed by atoms with van der Waals surface area (Å²) in [6.07, 6.45) is -1.56. The quantitative estimate of drug-likeness (QED) is 0.0918. The number of urea groups is 1. The molecule has 6 amide bonds. The summed E-state index contributed by atoms with van der Waals surface area (Å²) >= 11 is 0. The molecule has 9 N–H and O–H groups in total. The molecule has 328 valence electrons. The molecule has 1 aliphatic heterocycles. The molecule has 0 unspecified atom stereocenters. The molecular weight excluding hydrogens is 773 g/mol. The molecule has 1 saturated heterocycles. The third kappa shape index (κ3) is 19.4. The van der Waals surface area contributed by atoms with Gasteiger partial charge in [0.15, 0.2) is 0 Å². The van der Waals surface area contributed by atoms with E-state index in [9.17, 15) is 37.1 Å². The summed E-state index contributed by atoms with van der Waals surface area (Å²) in [6.45, 7) is 7.96. The molecule has 2 aromatic rings. The first-order valence-corrected chi connectivity index (χ1v) is 19.9. The summed E-state index contributed by atoms with van der Waals surface area (Å²) in [7, 11) is 1.56. The van der Waals surface area contributed by atoms with E-state index >= 15 is 0 Å². The predicted molar refractivity (Wildman–Crippen MR) is 217 cm³/mol. The van der Waals surface area contributed by atoms with Gasteiger partial charge in [-0.2, -0.15) is 13.2 Å². The third-order valence-corrected chi connectivity index (χ3v) is 9.55. The van der Waals surface area contributed by atoms with Crippen molar-refractivity contribution in [1.82, 2.24) is 36.8 Å². The molecule has 0 radical (unpaired) electrons. The number of carbonyl (C=O) groups is 6. The number of hydrogen-bond donors (Lipinski definition) is 8. The summed E-state index contributed by atoms with van der Waals surface area (Å²) in [5, 5.41) is 24.5. The Morgan fingerprint density at radius 1 is 0.831 bits per heavy atom. The number of alkyl halides is 3. The van der Waals surface area contributed by atoms with E-state index in [2.05, 4.69) is 38.8 Å². The lowest BCUT2D eigenvalue weighted by Gasteiger charge is -2.35. The summed E-state index contributed by atoms with van der Waals surface area (Å²) in [5.74, 6) is -3.97. The van der Waals surface area contributed by atoms with E-state index in [0.29, 0.717) is 64.7 Å². The van der Waals surface area contributed by atoms with Crippen LogP contribution in [0.3, 0.4) is 0 Å². The molecule has 0 saturated carbocycles. The first-order valence-electron chi connectivity index (χ1n) is 19.9. The fourth-order valence-electron chi connectivity index (χ4n) is 6.33. The van der Waals surface area contributed by atoms with Crippen LogP contribution < -0.4 is 37.6 Å². The molecule has 15 nitrogen and oxygen atoms in total. The maximum atomic E-state index is 13.9. The second-order valence-corrected chi connectivity index (χ2v) is 14.9. The number of nitrogens with two attached hydrogens (primary N) is 1. The van der Waals surface area contributed by atoms with Gasteiger partial charge in [0.2, 0.25) is 23.6 Å². The van der Waals surface area contributed by atoms with E-state index in [-0.39, 0.29) is 48.7 Å². The Labute approximate surface area is 344 Å². The number of carbonyl (C=O) groups excluding carboxylic acids is 5. The Balaban J connectivity index is 0.00000157. The number of hydrogen-bond acceptors (Lipinski definition) is 8. The Morgan fingerprint density at radius 3 is 1.93 bits per heavy atom. The van der Waals surface area contributed by atoms with E-state index in [4.69, 9.17) is 15.6 Å². The SMILES string of the molecule is CNC(=O)NC1CCN(C(=O)[C@@H](CCCCN)NC(=O)[C@@H](CC(C)C)NC(=O)[C@@H](Cc2ccccc2)NC(=O)CNC[C@H](C)c2ccccc2)CC1.O=C(O)C(F)(F)F. The zero-order valence-electron chi connectivity index (χ0n) is 34.3. The Morgan fingerprint density at radius 2 is 1.39 bits per heavy atom. The van der Waals surface area contributed by atoms with Crippen LogP contribution in [0.2, 0.25) is 0 Å². The topological polar surface area (TPSA) is 224 Å². The smallest absolute Gasteiger partial charge is 0.475 e. The zero-order valence-corrected chi connectivity index (χ0v) is 34.3. The van der Waals surface area contributed by atoms with Gasteiger partial charge < -0.3 is 47.6 Å². The van der Waals surface area contributed by atoms with Gasteiger partial charge in [0.25, 0.3) is 0 Å². The van der Waals surface area contributed by atoms with E-state index in [0.717, 1.165) is 11.1 Å². The van der Waals surface area contributed by atoms with Crippen molar-refractivity contribution in [3.05, 3.63) is 71.8 Å². The highest BCUT2D eigenvalue weighted by molar-refractivity contribution is 5.94. The highest BCUT2D eigenvalue weighted by atomic mass is 19.4. The zero-order chi connectivity index (χ0) is 44.0. The van der Waals surface area contributed by atoms with Gasteiger partial charge in [-0.25, -0.2) is 9.59 Å². The van der Waals surface area contributed by atoms with Crippen molar-refractivity contribution in [2.75, 3.05) is 39.8 Å². The van der Waals surface area contributed by atoms with Crippen LogP contribution in [-0.2, 0) is 30.4 Å². The number of amides is 6. The van der Waals surface area contributed by atoms with Crippen molar-refractivity contribution >= 4 is 35.6 Å². The summed E-state index contributed by atoms with van der Waals surface area (Å²) < 4.78 is 31.7. The maximum absolute atomic E-state index is 13.9. The molecule has 0 aromatic heterocycles. The van der Waals surface area contributed by atoms with E-state index in [1.807, 2.05) is 74.5 Å². The van der Waals surface area contributed by atoms with Gasteiger partial charge in [-0.05, 0) is 68.0 Å². The third-order valence-electron chi connectivity index (χ3n) is 9.55. The molecule has 18 heteroatoms. The van der Waals surface area contributed by atoms with E-state index in [1.165, 1.54) is 0 Å². The van der Waals surface area contributed by atoms with Gasteiger partial charge >= 0.3 is 18.2 Å². The van der Waals surface area contributed by atoms with Gasteiger partial charge in [-0.15, -0.1) is 0 Å². The van der Waals surface area contributed by atoms with Crippen LogP contribution in [0.25, 0.3) is 0 Å². The van der Waals surface area contributed by atoms with Crippen LogP contribution in [0.1, 0.15) is 76.3 Å². The molecule has 1 aliphatic rings. The van der Waals surface area contributed by atoms with Gasteiger partial charge in [-0.3, -0.25) is 19.2 Å². The number of benzene rings is 2. The number of nitrogens with zero attached hydrogens (tertiary/aromatic N) is 1. The molecule has 0 spiro atoms. The molecule has 0 aliphatic carbocycles. The average molecular weight is 835 g/mol. The number of nitrogens with one attached hydrogen (secondary N) is 6. The largest absolute Gasteiger partial charge is 0.490 e. The van der Waals surface area contributed by atoms with Crippen molar-refractivity contribution in [3.63, 3.8) is 0 Å². The lowest BCUT2D eigenvalue weighted by atomic mass is 9.99. The van der Waals surface area contributed by atoms with Gasteiger partial charge in [0.05, 0.1) is 6.54 Å². The Kier molecular flexibility index (Phi) is 22.0. The van der Waals surface area contributed by atoms with Crippen molar-refractivity contribution < 1.29 is 47.0 Å². The van der Waals surface area contributed by atoms with Crippen molar-refractivity contribution in [2.24, 2.45) is 11.7 Å². The molecule has 1 heterocycles. The van der Waals surface area contributed by atoms with Gasteiger partial charge in [0.1, 0.15) is 18.1 Å². The number of likely N-dealkylation sites (tertiary alicyclic amines) is 1. The number of aliphatic carboxylic acids is 1. The summed E-state index contributed by atoms with van der Waals surface area (Å²) in [4.78, 5) is 77.1. The predicted octanol–water partition coefficient (Wildman–Crippen LogP) is 2.81. The van der Waals surface area contributed by atoms with Crippen molar-refractivity contribution in [1.29, 1.82) is 0 Å². The summed E-state index contributed by atoms with van der Waals surface area (Å²) in [6, 6.07) is 16.5. The molecule has 59 heavy (non-hydrogen) atoms. The van der Waals surface area contributed by atoms with Crippen LogP contribution in [0.5, 0.6) is 0 Å². The number of unbranched alkanes of at least 4 members (excludes halogenated alkanes) is 1. The Hall–Kier alpha value is -5.23. The fraction of sp³-hybridized carbons (Fsp3) is 0.561. The monoisotopic (exact) mass is 834 g/mol. The lowest BCUT2D eigenvalue weighted by molar-refractivity contribution is -0.192.